The Morgan fingerprint density at radius 1 is 0.966 bits per heavy atom. The maximum atomic E-state index is 10.1. The molecule has 1 N–H and O–H groups in total. The molecule has 0 fully saturated rings. The maximum absolute atomic E-state index is 10.1. The van der Waals surface area contributed by atoms with Gasteiger partial charge in [-0.05, 0) is 53.9 Å². The highest BCUT2D eigenvalue weighted by Gasteiger charge is 2.10. The Bertz CT molecular complexity index is 1140. The van der Waals surface area contributed by atoms with Crippen molar-refractivity contribution in [3.8, 4) is 17.6 Å². The van der Waals surface area contributed by atoms with Gasteiger partial charge in [0.25, 0.3) is 0 Å². The van der Waals surface area contributed by atoms with E-state index < -0.39 is 0 Å². The molecule has 6 heteroatoms. The van der Waals surface area contributed by atoms with Gasteiger partial charge in [-0.25, -0.2) is 0 Å². The van der Waals surface area contributed by atoms with E-state index in [1.807, 2.05) is 31.3 Å². The summed E-state index contributed by atoms with van der Waals surface area (Å²) in [5.74, 6) is 0.933. The van der Waals surface area contributed by atoms with Crippen molar-refractivity contribution in [2.45, 2.75) is 19.8 Å². The maximum Gasteiger partial charge on any atom is 0.325 e. The summed E-state index contributed by atoms with van der Waals surface area (Å²) in [6.45, 7) is 4.38. The first-order valence-electron chi connectivity index (χ1n) is 9.43. The highest BCUT2D eigenvalue weighted by Crippen LogP contribution is 2.30. The van der Waals surface area contributed by atoms with E-state index in [9.17, 15) is 5.11 Å². The van der Waals surface area contributed by atoms with Crippen LogP contribution in [0.4, 0.5) is 11.4 Å². The van der Waals surface area contributed by atoms with Crippen molar-refractivity contribution in [1.29, 1.82) is 0 Å². The minimum atomic E-state index is -0.131. The number of aromatic hydroxyl groups is 1. The summed E-state index contributed by atoms with van der Waals surface area (Å²) in [5.41, 5.74) is 3.98. The van der Waals surface area contributed by atoms with Crippen molar-refractivity contribution >= 4 is 22.3 Å². The first-order valence-corrected chi connectivity index (χ1v) is 9.43. The summed E-state index contributed by atoms with van der Waals surface area (Å²) < 4.78 is 5.73. The molecular formula is C23H22N4O2. The van der Waals surface area contributed by atoms with Crippen LogP contribution in [0.3, 0.4) is 0 Å². The summed E-state index contributed by atoms with van der Waals surface area (Å²) in [6, 6.07) is 17.9. The lowest BCUT2D eigenvalue weighted by Gasteiger charge is -2.21. The molecule has 0 aliphatic carbocycles. The number of fused-ring (bicyclic) bond motifs is 1. The zero-order valence-electron chi connectivity index (χ0n) is 16.6. The van der Waals surface area contributed by atoms with E-state index in [4.69, 9.17) is 4.74 Å². The lowest BCUT2D eigenvalue weighted by atomic mass is 10.0. The highest BCUT2D eigenvalue weighted by atomic mass is 16.5. The van der Waals surface area contributed by atoms with Crippen molar-refractivity contribution in [2.75, 3.05) is 11.9 Å². The topological polar surface area (TPSA) is 71.4 Å². The van der Waals surface area contributed by atoms with E-state index in [1.54, 1.807) is 18.5 Å². The fourth-order valence-electron chi connectivity index (χ4n) is 3.07. The van der Waals surface area contributed by atoms with E-state index in [1.165, 1.54) is 5.56 Å². The Morgan fingerprint density at radius 2 is 1.76 bits per heavy atom. The van der Waals surface area contributed by atoms with Crippen LogP contribution in [0, 0.1) is 0 Å². The molecule has 0 spiro atoms. The summed E-state index contributed by atoms with van der Waals surface area (Å²) in [6.07, 6.45) is 3.14. The van der Waals surface area contributed by atoms with Gasteiger partial charge in [-0.1, -0.05) is 26.0 Å². The minimum Gasteiger partial charge on any atom is -0.493 e. The molecule has 6 nitrogen and oxygen atoms in total. The number of pyridine rings is 1. The van der Waals surface area contributed by atoms with Gasteiger partial charge >= 0.3 is 6.01 Å². The van der Waals surface area contributed by atoms with E-state index in [-0.39, 0.29) is 11.9 Å². The summed E-state index contributed by atoms with van der Waals surface area (Å²) in [4.78, 5) is 14.4. The van der Waals surface area contributed by atoms with Crippen LogP contribution in [0.15, 0.2) is 67.0 Å². The van der Waals surface area contributed by atoms with Crippen molar-refractivity contribution < 1.29 is 9.84 Å². The Kier molecular flexibility index (Phi) is 4.99. The van der Waals surface area contributed by atoms with Crippen LogP contribution in [0.25, 0.3) is 10.9 Å². The molecule has 146 valence electrons. The van der Waals surface area contributed by atoms with Crippen molar-refractivity contribution in [1.82, 2.24) is 15.0 Å². The molecule has 29 heavy (non-hydrogen) atoms. The lowest BCUT2D eigenvalue weighted by Crippen LogP contribution is -2.09. The molecule has 0 saturated carbocycles. The van der Waals surface area contributed by atoms with Crippen LogP contribution in [-0.4, -0.2) is 27.1 Å². The third-order valence-electron chi connectivity index (χ3n) is 4.82. The summed E-state index contributed by atoms with van der Waals surface area (Å²) >= 11 is 0. The highest BCUT2D eigenvalue weighted by molar-refractivity contribution is 5.82. The second kappa shape index (κ2) is 7.75. The number of ether oxygens (including phenoxy) is 1. The quantitative estimate of drug-likeness (QED) is 0.494. The molecule has 2 aromatic heterocycles. The van der Waals surface area contributed by atoms with Crippen molar-refractivity contribution in [2.24, 2.45) is 0 Å². The van der Waals surface area contributed by atoms with Crippen molar-refractivity contribution in [3.63, 3.8) is 0 Å². The summed E-state index contributed by atoms with van der Waals surface area (Å²) in [5, 5.41) is 10.6. The van der Waals surface area contributed by atoms with Gasteiger partial charge in [0.2, 0.25) is 5.88 Å². The minimum absolute atomic E-state index is 0.0775. The molecule has 2 heterocycles. The lowest BCUT2D eigenvalue weighted by molar-refractivity contribution is 0.412. The number of rotatable bonds is 5. The van der Waals surface area contributed by atoms with Gasteiger partial charge in [-0.3, -0.25) is 4.98 Å². The van der Waals surface area contributed by atoms with Gasteiger partial charge in [-0.2, -0.15) is 9.97 Å². The molecule has 2 aromatic carbocycles. The fourth-order valence-corrected chi connectivity index (χ4v) is 3.07. The number of hydrogen-bond donors (Lipinski definition) is 1. The van der Waals surface area contributed by atoms with Crippen LogP contribution in [0.2, 0.25) is 0 Å². The first-order chi connectivity index (χ1) is 14.0. The normalized spacial score (nSPS) is 11.0. The Hall–Kier alpha value is -3.67. The van der Waals surface area contributed by atoms with Crippen LogP contribution in [0.5, 0.6) is 17.6 Å². The molecule has 4 rings (SSSR count). The molecule has 4 aromatic rings. The molecule has 0 aliphatic heterocycles. The Labute approximate surface area is 169 Å². The van der Waals surface area contributed by atoms with E-state index in [0.29, 0.717) is 22.6 Å². The molecule has 0 atom stereocenters. The first kappa shape index (κ1) is 18.7. The predicted molar refractivity (Wildman–Crippen MR) is 114 cm³/mol. The average molecular weight is 386 g/mol. The molecular weight excluding hydrogens is 364 g/mol. The van der Waals surface area contributed by atoms with Gasteiger partial charge in [0.05, 0.1) is 17.1 Å². The van der Waals surface area contributed by atoms with Crippen LogP contribution >= 0.6 is 0 Å². The second-order valence-corrected chi connectivity index (χ2v) is 7.13. The van der Waals surface area contributed by atoms with Gasteiger partial charge in [0, 0.05) is 24.6 Å². The largest absolute Gasteiger partial charge is 0.493 e. The standard InChI is InChI=1S/C23H22N4O2/c1-15(2)16-5-4-6-18(13-16)27(3)17-7-9-19(10-8-17)29-23-25-21-14-24-12-11-20(21)22(28)26-23/h4-15H,1-3H3,(H,25,26,28). The number of benzene rings is 2. The molecule has 0 saturated heterocycles. The molecule has 0 amide bonds. The van der Waals surface area contributed by atoms with Crippen LogP contribution in [-0.2, 0) is 0 Å². The zero-order chi connectivity index (χ0) is 20.4. The fraction of sp³-hybridized carbons (Fsp3) is 0.174. The predicted octanol–water partition coefficient (Wildman–Crippen LogP) is 5.41. The van der Waals surface area contributed by atoms with E-state index in [2.05, 4.69) is 58.0 Å². The second-order valence-electron chi connectivity index (χ2n) is 7.13. The molecule has 0 unspecified atom stereocenters. The van der Waals surface area contributed by atoms with Crippen LogP contribution in [0.1, 0.15) is 25.3 Å². The third kappa shape index (κ3) is 3.96. The van der Waals surface area contributed by atoms with E-state index in [0.717, 1.165) is 11.4 Å². The van der Waals surface area contributed by atoms with Crippen molar-refractivity contribution in [3.05, 3.63) is 72.6 Å². The number of hydrogen-bond acceptors (Lipinski definition) is 6. The smallest absolute Gasteiger partial charge is 0.325 e. The average Bonchev–Trinajstić information content (AvgIpc) is 2.74. The SMILES string of the molecule is CC(C)c1cccc(N(C)c2ccc(Oc3nc(O)c4ccncc4n3)cc2)c1. The molecule has 0 aliphatic rings. The number of aromatic nitrogens is 3. The molecule has 0 radical (unpaired) electrons. The van der Waals surface area contributed by atoms with Gasteiger partial charge in [-0.15, -0.1) is 0 Å². The Balaban J connectivity index is 1.54. The van der Waals surface area contributed by atoms with Crippen LogP contribution < -0.4 is 9.64 Å². The number of anilines is 2. The third-order valence-corrected chi connectivity index (χ3v) is 4.82. The Morgan fingerprint density at radius 3 is 2.52 bits per heavy atom. The van der Waals surface area contributed by atoms with Gasteiger partial charge in [0.15, 0.2) is 0 Å². The van der Waals surface area contributed by atoms with Gasteiger partial charge in [0.1, 0.15) is 5.75 Å². The van der Waals surface area contributed by atoms with Gasteiger partial charge < -0.3 is 14.7 Å². The number of nitrogens with zero attached hydrogens (tertiary/aromatic N) is 4. The zero-order valence-corrected chi connectivity index (χ0v) is 16.6. The van der Waals surface area contributed by atoms with E-state index >= 15 is 0 Å². The molecule has 0 bridgehead atoms. The summed E-state index contributed by atoms with van der Waals surface area (Å²) in [7, 11) is 2.03. The monoisotopic (exact) mass is 386 g/mol.